The van der Waals surface area contributed by atoms with Gasteiger partial charge in [-0.2, -0.15) is 0 Å². The Morgan fingerprint density at radius 3 is 1.50 bits per heavy atom. The van der Waals surface area contributed by atoms with E-state index in [1.54, 1.807) is 0 Å². The fraction of sp³-hybridized carbons (Fsp3) is 0.0323. The molecule has 0 amide bonds. The van der Waals surface area contributed by atoms with Crippen LogP contribution in [0, 0.1) is 0 Å². The van der Waals surface area contributed by atoms with Crippen molar-refractivity contribution in [2.75, 3.05) is 0 Å². The van der Waals surface area contributed by atoms with Gasteiger partial charge in [-0.1, -0.05) is 0 Å². The van der Waals surface area contributed by atoms with Crippen molar-refractivity contribution in [1.29, 1.82) is 0 Å². The molecule has 0 radical (unpaired) electrons. The molecule has 1 N–H and O–H groups in total. The van der Waals surface area contributed by atoms with Gasteiger partial charge in [-0.25, -0.2) is 0 Å². The summed E-state index contributed by atoms with van der Waals surface area (Å²) in [6.45, 7) is 0. The number of halogens is 1. The molecule has 0 saturated heterocycles. The van der Waals surface area contributed by atoms with Crippen molar-refractivity contribution in [3.63, 3.8) is 0 Å². The van der Waals surface area contributed by atoms with Crippen molar-refractivity contribution in [3.05, 3.63) is 155 Å². The van der Waals surface area contributed by atoms with Crippen molar-refractivity contribution in [2.24, 2.45) is 0 Å². The maximum absolute atomic E-state index is 11.7. The van der Waals surface area contributed by atoms with Crippen LogP contribution in [0.3, 0.4) is 0 Å². The Bertz CT molecular complexity index is 1270. The van der Waals surface area contributed by atoms with Crippen molar-refractivity contribution >= 4 is 44.4 Å². The first-order valence-electron chi connectivity index (χ1n) is 11.4. The van der Waals surface area contributed by atoms with Crippen LogP contribution in [0.2, 0.25) is 0 Å². The molecular weight excluding hydrogens is 499 g/mol. The van der Waals surface area contributed by atoms with Gasteiger partial charge in [0.25, 0.3) is 0 Å². The quantitative estimate of drug-likeness (QED) is 0.275. The van der Waals surface area contributed by atoms with Gasteiger partial charge < -0.3 is 0 Å². The summed E-state index contributed by atoms with van der Waals surface area (Å²) < 4.78 is 0.958. The van der Waals surface area contributed by atoms with Crippen LogP contribution < -0.4 is 21.2 Å². The number of rotatable bonds is 6. The molecule has 0 aliphatic rings. The molecule has 5 aromatic carbocycles. The van der Waals surface area contributed by atoms with Crippen LogP contribution in [0.5, 0.6) is 0 Å². The second-order valence-electron chi connectivity index (χ2n) is 8.39. The zero-order valence-corrected chi connectivity index (χ0v) is 21.3. The van der Waals surface area contributed by atoms with Crippen molar-refractivity contribution < 1.29 is 5.11 Å². The van der Waals surface area contributed by atoms with Crippen LogP contribution >= 0.6 is 23.2 Å². The summed E-state index contributed by atoms with van der Waals surface area (Å²) in [4.78, 5) is 0. The summed E-state index contributed by atoms with van der Waals surface area (Å²) in [5.74, 6) is 0. The molecule has 34 heavy (non-hydrogen) atoms. The van der Waals surface area contributed by atoms with Crippen LogP contribution in [0.15, 0.2) is 144 Å². The van der Waals surface area contributed by atoms with E-state index in [0.717, 1.165) is 15.6 Å². The molecule has 0 bridgehead atoms. The summed E-state index contributed by atoms with van der Waals surface area (Å²) in [6, 6.07) is 48.8. The van der Waals surface area contributed by atoms with Gasteiger partial charge in [0, 0.05) is 0 Å². The van der Waals surface area contributed by atoms with Crippen molar-refractivity contribution in [1.82, 2.24) is 0 Å². The molecule has 0 fully saturated rings. The van der Waals surface area contributed by atoms with E-state index in [0.29, 0.717) is 0 Å². The minimum atomic E-state index is -2.73. The van der Waals surface area contributed by atoms with E-state index < -0.39 is 13.4 Å². The summed E-state index contributed by atoms with van der Waals surface area (Å²) in [5, 5.41) is 16.8. The molecule has 5 rings (SSSR count). The second kappa shape index (κ2) is 10.1. The Morgan fingerprint density at radius 1 is 0.529 bits per heavy atom. The van der Waals surface area contributed by atoms with E-state index in [9.17, 15) is 5.11 Å². The summed E-state index contributed by atoms with van der Waals surface area (Å²) in [5.41, 5.74) is 1.82. The normalized spacial score (nSPS) is 12.8. The topological polar surface area (TPSA) is 20.2 Å². The van der Waals surface area contributed by atoms with E-state index >= 15 is 0 Å². The number of hydrogen-bond acceptors (Lipinski definition) is 1. The Hall–Kier alpha value is -3.03. The van der Waals surface area contributed by atoms with Crippen molar-refractivity contribution in [3.8, 4) is 0 Å². The number of benzene rings is 5. The van der Waals surface area contributed by atoms with Gasteiger partial charge in [-0.3, -0.25) is 0 Å². The molecular formula is C31H26BrOP. The molecule has 168 valence electrons. The minimum absolute atomic E-state index is 0.739. The van der Waals surface area contributed by atoms with Gasteiger partial charge >= 0.3 is 211 Å². The second-order valence-corrected chi connectivity index (χ2v) is 13.1. The summed E-state index contributed by atoms with van der Waals surface area (Å²) in [7, 11) is -2.73. The molecule has 0 unspecified atom stereocenters. The third-order valence-corrected chi connectivity index (χ3v) is 11.8. The molecule has 1 atom stereocenters. The Balaban J connectivity index is 1.87. The van der Waals surface area contributed by atoms with Crippen LogP contribution in [-0.2, 0) is 0 Å². The standard InChI is InChI=1S/C31H26BrOP/c32-25-14-12-13-24(23-25)31(33)29-21-10-11-22-30(29)34(26-15-4-1-5-16-26,27-17-6-2-7-18-27)28-19-8-3-9-20-28/h1-23,31,33-34H/t31-/m0/s1. The third kappa shape index (κ3) is 4.14. The SMILES string of the molecule is O[C@@H](c1cccc(Br)c1)c1ccccc1[PH](c1ccccc1)(c1ccccc1)c1ccccc1. The first-order valence-corrected chi connectivity index (χ1v) is 14.2. The average Bonchev–Trinajstić information content (AvgIpc) is 2.91. The monoisotopic (exact) mass is 524 g/mol. The van der Waals surface area contributed by atoms with Crippen LogP contribution in [0.25, 0.3) is 0 Å². The zero-order chi connectivity index (χ0) is 23.4. The predicted octanol–water partition coefficient (Wildman–Crippen LogP) is 5.88. The summed E-state index contributed by atoms with van der Waals surface area (Å²) in [6.07, 6.45) is -0.739. The Kier molecular flexibility index (Phi) is 6.74. The molecule has 0 aromatic heterocycles. The van der Waals surface area contributed by atoms with Crippen molar-refractivity contribution in [2.45, 2.75) is 6.10 Å². The van der Waals surface area contributed by atoms with Crippen LogP contribution in [0.1, 0.15) is 17.2 Å². The number of aliphatic hydroxyl groups is 1. The molecule has 0 saturated carbocycles. The van der Waals surface area contributed by atoms with Crippen LogP contribution in [-0.4, -0.2) is 5.11 Å². The first-order chi connectivity index (χ1) is 16.7. The molecule has 5 aromatic rings. The van der Waals surface area contributed by atoms with Gasteiger partial charge in [-0.15, -0.1) is 0 Å². The Labute approximate surface area is 210 Å². The Morgan fingerprint density at radius 2 is 1.00 bits per heavy atom. The number of aliphatic hydroxyl groups excluding tert-OH is 1. The van der Waals surface area contributed by atoms with E-state index in [4.69, 9.17) is 0 Å². The molecule has 0 heterocycles. The van der Waals surface area contributed by atoms with E-state index in [1.807, 2.05) is 30.3 Å². The summed E-state index contributed by atoms with van der Waals surface area (Å²) >= 11 is 3.57. The van der Waals surface area contributed by atoms with Gasteiger partial charge in [0.05, 0.1) is 0 Å². The predicted molar refractivity (Wildman–Crippen MR) is 151 cm³/mol. The van der Waals surface area contributed by atoms with E-state index in [1.165, 1.54) is 21.2 Å². The molecule has 0 aliphatic heterocycles. The van der Waals surface area contributed by atoms with E-state index in [-0.39, 0.29) is 0 Å². The fourth-order valence-corrected chi connectivity index (χ4v) is 10.4. The molecule has 3 heteroatoms. The average molecular weight is 525 g/mol. The first kappa shape index (κ1) is 22.7. The molecule has 1 nitrogen and oxygen atoms in total. The van der Waals surface area contributed by atoms with E-state index in [2.05, 4.69) is 125 Å². The molecule has 0 spiro atoms. The van der Waals surface area contributed by atoms with Gasteiger partial charge in [0.15, 0.2) is 0 Å². The zero-order valence-electron chi connectivity index (χ0n) is 18.7. The molecule has 0 aliphatic carbocycles. The van der Waals surface area contributed by atoms with Gasteiger partial charge in [0.2, 0.25) is 0 Å². The number of hydrogen-bond donors (Lipinski definition) is 1. The van der Waals surface area contributed by atoms with Gasteiger partial charge in [0.1, 0.15) is 0 Å². The van der Waals surface area contributed by atoms with Crippen LogP contribution in [0.4, 0.5) is 0 Å². The maximum atomic E-state index is 11.7. The third-order valence-electron chi connectivity index (χ3n) is 6.44. The fourth-order valence-electron chi connectivity index (χ4n) is 4.96. The van der Waals surface area contributed by atoms with Gasteiger partial charge in [-0.05, 0) is 0 Å².